The minimum atomic E-state index is -2.74. The number of benzene rings is 1. The van der Waals surface area contributed by atoms with E-state index in [-0.39, 0.29) is 12.0 Å². The number of aromatic nitrogens is 4. The molecule has 0 N–H and O–H groups in total. The molecule has 2 fully saturated rings. The molecule has 1 aromatic carbocycles. The molecule has 1 aliphatic carbocycles. The fourth-order valence-electron chi connectivity index (χ4n) is 6.25. The standard InChI is InChI=1S/C28H32F2N4O4/c1-15-25(16(2)38-33-15)21-12-22-20(13-24(21)35-3)26-23(14-31-22)32-27(17-8-10-36-11-9-17)34(26)18-4-6-19(7-5-18)37-28(29)30/h12-14,17-19,28H,4-11H2,1-3H3/t18-,19-. The van der Waals surface area contributed by atoms with E-state index in [1.807, 2.05) is 32.2 Å². The molecule has 0 bridgehead atoms. The van der Waals surface area contributed by atoms with Gasteiger partial charge >= 0.3 is 6.61 Å². The number of aryl methyl sites for hydroxylation is 2. The zero-order chi connectivity index (χ0) is 26.4. The van der Waals surface area contributed by atoms with Crippen molar-refractivity contribution in [1.29, 1.82) is 0 Å². The highest BCUT2D eigenvalue weighted by Crippen LogP contribution is 2.43. The largest absolute Gasteiger partial charge is 0.496 e. The molecule has 6 rings (SSSR count). The Morgan fingerprint density at radius 1 is 1.03 bits per heavy atom. The third-order valence-corrected chi connectivity index (χ3v) is 8.06. The van der Waals surface area contributed by atoms with E-state index in [4.69, 9.17) is 28.7 Å². The minimum Gasteiger partial charge on any atom is -0.496 e. The van der Waals surface area contributed by atoms with Crippen LogP contribution in [-0.4, -0.2) is 52.7 Å². The van der Waals surface area contributed by atoms with E-state index < -0.39 is 12.7 Å². The van der Waals surface area contributed by atoms with Crippen molar-refractivity contribution in [1.82, 2.24) is 19.7 Å². The fraction of sp³-hybridized carbons (Fsp3) is 0.536. The molecule has 0 spiro atoms. The van der Waals surface area contributed by atoms with Crippen LogP contribution >= 0.6 is 0 Å². The van der Waals surface area contributed by atoms with Crippen molar-refractivity contribution in [3.05, 3.63) is 35.6 Å². The Morgan fingerprint density at radius 3 is 2.45 bits per heavy atom. The molecule has 4 aromatic rings. The van der Waals surface area contributed by atoms with Gasteiger partial charge in [-0.1, -0.05) is 5.16 Å². The van der Waals surface area contributed by atoms with Crippen LogP contribution in [-0.2, 0) is 9.47 Å². The molecule has 0 radical (unpaired) electrons. The summed E-state index contributed by atoms with van der Waals surface area (Å²) in [6.45, 7) is 2.47. The zero-order valence-corrected chi connectivity index (χ0v) is 21.9. The first-order valence-electron chi connectivity index (χ1n) is 13.3. The zero-order valence-electron chi connectivity index (χ0n) is 21.9. The van der Waals surface area contributed by atoms with E-state index in [0.29, 0.717) is 31.8 Å². The molecule has 4 heterocycles. The second-order valence-electron chi connectivity index (χ2n) is 10.3. The topological polar surface area (TPSA) is 84.4 Å². The summed E-state index contributed by atoms with van der Waals surface area (Å²) in [6.07, 6.45) is 5.90. The molecule has 0 amide bonds. The van der Waals surface area contributed by atoms with Crippen molar-refractivity contribution in [2.75, 3.05) is 20.3 Å². The predicted molar refractivity (Wildman–Crippen MR) is 138 cm³/mol. The maximum Gasteiger partial charge on any atom is 0.345 e. The molecule has 0 atom stereocenters. The van der Waals surface area contributed by atoms with Crippen LogP contribution in [0.25, 0.3) is 33.1 Å². The summed E-state index contributed by atoms with van der Waals surface area (Å²) in [5.74, 6) is 2.72. The lowest BCUT2D eigenvalue weighted by Gasteiger charge is -2.32. The minimum absolute atomic E-state index is 0.134. The first-order valence-corrected chi connectivity index (χ1v) is 13.3. The molecular weight excluding hydrogens is 494 g/mol. The highest BCUT2D eigenvalue weighted by molar-refractivity contribution is 6.05. The summed E-state index contributed by atoms with van der Waals surface area (Å²) in [4.78, 5) is 9.91. The van der Waals surface area contributed by atoms with Crippen LogP contribution < -0.4 is 4.74 Å². The molecule has 0 unspecified atom stereocenters. The third kappa shape index (κ3) is 4.43. The van der Waals surface area contributed by atoms with E-state index in [1.54, 1.807) is 7.11 Å². The van der Waals surface area contributed by atoms with E-state index >= 15 is 0 Å². The van der Waals surface area contributed by atoms with Crippen molar-refractivity contribution in [2.24, 2.45) is 0 Å². The van der Waals surface area contributed by atoms with Crippen molar-refractivity contribution < 1.29 is 27.5 Å². The highest BCUT2D eigenvalue weighted by Gasteiger charge is 2.32. The number of hydrogen-bond acceptors (Lipinski definition) is 7. The molecule has 3 aromatic heterocycles. The molecule has 38 heavy (non-hydrogen) atoms. The second-order valence-corrected chi connectivity index (χ2v) is 10.3. The number of nitrogens with zero attached hydrogens (tertiary/aromatic N) is 4. The van der Waals surface area contributed by atoms with Gasteiger partial charge in [-0.25, -0.2) is 4.98 Å². The van der Waals surface area contributed by atoms with Crippen LogP contribution in [0.2, 0.25) is 0 Å². The molecule has 202 valence electrons. The number of hydrogen-bond donors (Lipinski definition) is 0. The number of alkyl halides is 2. The summed E-state index contributed by atoms with van der Waals surface area (Å²) in [7, 11) is 1.66. The van der Waals surface area contributed by atoms with Gasteiger partial charge in [-0.2, -0.15) is 8.78 Å². The normalized spacial score (nSPS) is 21.1. The quantitative estimate of drug-likeness (QED) is 0.284. The lowest BCUT2D eigenvalue weighted by Crippen LogP contribution is -2.27. The van der Waals surface area contributed by atoms with Gasteiger partial charge in [0.1, 0.15) is 22.9 Å². The van der Waals surface area contributed by atoms with Crippen molar-refractivity contribution in [2.45, 2.75) is 77.0 Å². The lowest BCUT2D eigenvalue weighted by atomic mass is 9.91. The Labute approximate surface area is 219 Å². The first kappa shape index (κ1) is 25.2. The Kier molecular flexibility index (Phi) is 6.77. The third-order valence-electron chi connectivity index (χ3n) is 8.06. The van der Waals surface area contributed by atoms with Crippen LogP contribution in [0.4, 0.5) is 8.78 Å². The van der Waals surface area contributed by atoms with Gasteiger partial charge in [0.25, 0.3) is 0 Å². The molecule has 8 nitrogen and oxygen atoms in total. The van der Waals surface area contributed by atoms with Gasteiger partial charge in [0, 0.05) is 36.1 Å². The smallest absolute Gasteiger partial charge is 0.345 e. The van der Waals surface area contributed by atoms with Crippen LogP contribution in [0.15, 0.2) is 22.9 Å². The molecular formula is C28H32F2N4O4. The Morgan fingerprint density at radius 2 is 1.79 bits per heavy atom. The van der Waals surface area contributed by atoms with Crippen molar-refractivity contribution in [3.8, 4) is 16.9 Å². The number of fused-ring (bicyclic) bond motifs is 3. The summed E-state index contributed by atoms with van der Waals surface area (Å²) in [6, 6.07) is 4.19. The molecule has 1 saturated carbocycles. The molecule has 10 heteroatoms. The second kappa shape index (κ2) is 10.2. The first-order chi connectivity index (χ1) is 18.4. The van der Waals surface area contributed by atoms with Crippen LogP contribution in [0, 0.1) is 13.8 Å². The Bertz CT molecular complexity index is 1430. The van der Waals surface area contributed by atoms with Crippen LogP contribution in [0.5, 0.6) is 5.75 Å². The monoisotopic (exact) mass is 526 g/mol. The van der Waals surface area contributed by atoms with Crippen LogP contribution in [0.3, 0.4) is 0 Å². The summed E-state index contributed by atoms with van der Waals surface area (Å²) >= 11 is 0. The summed E-state index contributed by atoms with van der Waals surface area (Å²) in [5, 5.41) is 5.07. The fourth-order valence-corrected chi connectivity index (χ4v) is 6.25. The number of imidazole rings is 1. The number of pyridine rings is 1. The number of methoxy groups -OCH3 is 1. The SMILES string of the molecule is COc1cc2c(cc1-c1c(C)noc1C)ncc1nc(C3CCOCC3)n([C@H]3CC[C@H](OC(F)F)CC3)c12. The summed E-state index contributed by atoms with van der Waals surface area (Å²) < 4.78 is 49.8. The Hall–Kier alpha value is -3.11. The van der Waals surface area contributed by atoms with E-state index in [1.165, 1.54) is 0 Å². The van der Waals surface area contributed by atoms with Crippen molar-refractivity contribution >= 4 is 21.9 Å². The molecule has 1 aliphatic heterocycles. The lowest BCUT2D eigenvalue weighted by molar-refractivity contribution is -0.171. The summed E-state index contributed by atoms with van der Waals surface area (Å²) in [5.41, 5.74) is 5.23. The number of ether oxygens (including phenoxy) is 3. The van der Waals surface area contributed by atoms with E-state index in [2.05, 4.69) is 9.72 Å². The van der Waals surface area contributed by atoms with Gasteiger partial charge in [-0.05, 0) is 64.5 Å². The average molecular weight is 527 g/mol. The molecule has 2 aliphatic rings. The number of halogens is 2. The maximum atomic E-state index is 12.9. The van der Waals surface area contributed by atoms with Gasteiger partial charge in [0.05, 0.1) is 41.7 Å². The maximum absolute atomic E-state index is 12.9. The van der Waals surface area contributed by atoms with E-state index in [9.17, 15) is 8.78 Å². The van der Waals surface area contributed by atoms with Gasteiger partial charge < -0.3 is 23.3 Å². The van der Waals surface area contributed by atoms with Gasteiger partial charge in [0.15, 0.2) is 0 Å². The number of rotatable bonds is 6. The van der Waals surface area contributed by atoms with Gasteiger partial charge in [-0.15, -0.1) is 0 Å². The van der Waals surface area contributed by atoms with Crippen molar-refractivity contribution in [3.63, 3.8) is 0 Å². The molecule has 1 saturated heterocycles. The predicted octanol–water partition coefficient (Wildman–Crippen LogP) is 6.48. The highest BCUT2D eigenvalue weighted by atomic mass is 19.3. The van der Waals surface area contributed by atoms with Gasteiger partial charge in [0.2, 0.25) is 0 Å². The van der Waals surface area contributed by atoms with Gasteiger partial charge in [-0.3, -0.25) is 4.98 Å². The average Bonchev–Trinajstić information content (AvgIpc) is 3.48. The Balaban J connectivity index is 1.52. The van der Waals surface area contributed by atoms with E-state index in [0.717, 1.165) is 76.0 Å². The van der Waals surface area contributed by atoms with Crippen LogP contribution in [0.1, 0.15) is 67.8 Å².